The van der Waals surface area contributed by atoms with Crippen LogP contribution in [0.4, 0.5) is 0 Å². The van der Waals surface area contributed by atoms with E-state index in [1.54, 1.807) is 18.9 Å². The molecule has 1 unspecified atom stereocenters. The van der Waals surface area contributed by atoms with E-state index < -0.39 is 6.04 Å². The summed E-state index contributed by atoms with van der Waals surface area (Å²) in [4.78, 5) is 32.3. The van der Waals surface area contributed by atoms with Crippen LogP contribution in [-0.4, -0.2) is 53.7 Å². The third-order valence-electron chi connectivity index (χ3n) is 5.99. The maximum absolute atomic E-state index is 13.5. The number of benzene rings is 1. The second-order valence-corrected chi connectivity index (χ2v) is 8.55. The molecule has 3 heterocycles. The summed E-state index contributed by atoms with van der Waals surface area (Å²) < 4.78 is 12.1. The number of fused-ring (bicyclic) bond motifs is 2. The lowest BCUT2D eigenvalue weighted by molar-refractivity contribution is -0.145. The number of hydrogen-bond acceptors (Lipinski definition) is 6. The van der Waals surface area contributed by atoms with Gasteiger partial charge in [0.2, 0.25) is 17.7 Å². The molecule has 164 valence electrons. The van der Waals surface area contributed by atoms with E-state index in [1.807, 2.05) is 24.3 Å². The van der Waals surface area contributed by atoms with Gasteiger partial charge in [0.15, 0.2) is 5.58 Å². The molecule has 0 spiro atoms. The molecule has 0 bridgehead atoms. The van der Waals surface area contributed by atoms with E-state index in [9.17, 15) is 9.59 Å². The molecule has 4 rings (SSSR count). The van der Waals surface area contributed by atoms with Gasteiger partial charge >= 0.3 is 0 Å². The molecule has 0 aliphatic carbocycles. The summed E-state index contributed by atoms with van der Waals surface area (Å²) in [6.45, 7) is 6.35. The number of amides is 2. The van der Waals surface area contributed by atoms with Crippen LogP contribution in [0.2, 0.25) is 0 Å². The van der Waals surface area contributed by atoms with Gasteiger partial charge in [-0.05, 0) is 37.9 Å². The fourth-order valence-corrected chi connectivity index (χ4v) is 4.26. The molecule has 1 aromatic carbocycles. The summed E-state index contributed by atoms with van der Waals surface area (Å²) in [6, 6.07) is 6.18. The first-order valence-electron chi connectivity index (χ1n) is 10.1. The molecule has 2 aromatic rings. The Hall–Kier alpha value is -2.16. The highest BCUT2D eigenvalue weighted by Gasteiger charge is 2.54. The number of carbonyl (C=O) groups is 2. The molecule has 2 aliphatic rings. The molecule has 2 saturated heterocycles. The van der Waals surface area contributed by atoms with Gasteiger partial charge in [-0.15, -0.1) is 12.4 Å². The summed E-state index contributed by atoms with van der Waals surface area (Å²) in [7, 11) is 1.71. The van der Waals surface area contributed by atoms with Crippen molar-refractivity contribution in [3.63, 3.8) is 0 Å². The number of halogens is 1. The number of carbonyl (C=O) groups excluding carboxylic acids is 2. The number of aromatic nitrogens is 1. The van der Waals surface area contributed by atoms with Crippen molar-refractivity contribution >= 4 is 35.3 Å². The minimum Gasteiger partial charge on any atom is -0.438 e. The zero-order valence-electron chi connectivity index (χ0n) is 17.7. The molecule has 4 atom stereocenters. The van der Waals surface area contributed by atoms with Crippen molar-refractivity contribution in [2.45, 2.75) is 58.0 Å². The molecular weight excluding hydrogens is 408 g/mol. The van der Waals surface area contributed by atoms with Gasteiger partial charge in [0.25, 0.3) is 0 Å². The second-order valence-electron chi connectivity index (χ2n) is 8.55. The minimum atomic E-state index is -0.635. The lowest BCUT2D eigenvalue weighted by Crippen LogP contribution is -2.53. The van der Waals surface area contributed by atoms with E-state index >= 15 is 0 Å². The fourth-order valence-electron chi connectivity index (χ4n) is 4.26. The molecular formula is C21H29ClN4O4. The van der Waals surface area contributed by atoms with Gasteiger partial charge in [-0.1, -0.05) is 26.0 Å². The van der Waals surface area contributed by atoms with E-state index in [2.05, 4.69) is 29.5 Å². The lowest BCUT2D eigenvalue weighted by Gasteiger charge is -2.32. The first kappa shape index (κ1) is 22.5. The monoisotopic (exact) mass is 436 g/mol. The Balaban J connectivity index is 0.00000256. The Morgan fingerprint density at radius 2 is 2.07 bits per heavy atom. The van der Waals surface area contributed by atoms with Crippen molar-refractivity contribution in [2.75, 3.05) is 13.7 Å². The summed E-state index contributed by atoms with van der Waals surface area (Å²) >= 11 is 0. The predicted molar refractivity (Wildman–Crippen MR) is 114 cm³/mol. The zero-order valence-corrected chi connectivity index (χ0v) is 18.5. The molecule has 0 radical (unpaired) electrons. The molecule has 2 N–H and O–H groups in total. The van der Waals surface area contributed by atoms with Gasteiger partial charge in [-0.25, -0.2) is 4.98 Å². The molecule has 9 heteroatoms. The molecule has 2 fully saturated rings. The van der Waals surface area contributed by atoms with E-state index in [0.717, 1.165) is 5.52 Å². The average Bonchev–Trinajstić information content (AvgIpc) is 3.18. The topological polar surface area (TPSA) is 96.7 Å². The largest absolute Gasteiger partial charge is 0.438 e. The van der Waals surface area contributed by atoms with E-state index in [-0.39, 0.29) is 47.9 Å². The van der Waals surface area contributed by atoms with Crippen LogP contribution < -0.4 is 10.6 Å². The highest BCUT2D eigenvalue weighted by atomic mass is 35.5. The Morgan fingerprint density at radius 1 is 1.33 bits per heavy atom. The Labute approximate surface area is 182 Å². The number of ether oxygens (including phenoxy) is 1. The number of para-hydroxylation sites is 2. The van der Waals surface area contributed by atoms with Crippen LogP contribution in [-0.2, 0) is 14.3 Å². The van der Waals surface area contributed by atoms with Crippen LogP contribution in [0.25, 0.3) is 11.1 Å². The smallest absolute Gasteiger partial charge is 0.247 e. The van der Waals surface area contributed by atoms with Gasteiger partial charge in [-0.3, -0.25) is 9.59 Å². The lowest BCUT2D eigenvalue weighted by atomic mass is 9.84. The van der Waals surface area contributed by atoms with E-state index in [4.69, 9.17) is 9.15 Å². The standard InChI is InChI=1S/C21H28N4O4.ClH/c1-12(22-4)18(26)23-14-9-10-28-16-11-21(2,3)17(25(16)20(14)27)19-24-13-7-5-6-8-15(13)29-19;/h5-8,12,14,16-17,22H,9-11H2,1-4H3,(H,23,26);1H/t12-,14-,16-,17?;/m0./s1. The number of rotatable bonds is 4. The number of hydrogen-bond donors (Lipinski definition) is 2. The minimum absolute atomic E-state index is 0. The van der Waals surface area contributed by atoms with Crippen molar-refractivity contribution in [1.82, 2.24) is 20.5 Å². The molecule has 1 aromatic heterocycles. The van der Waals surface area contributed by atoms with Crippen LogP contribution in [0.5, 0.6) is 0 Å². The van der Waals surface area contributed by atoms with Crippen LogP contribution >= 0.6 is 12.4 Å². The SMILES string of the molecule is CN[C@@H](C)C(=O)N[C@H]1CCO[C@H]2CC(C)(C)C(c3nc4ccccc4o3)N2C1=O.Cl. The summed E-state index contributed by atoms with van der Waals surface area (Å²) in [5.74, 6) is 0.148. The predicted octanol–water partition coefficient (Wildman–Crippen LogP) is 2.39. The Bertz CT molecular complexity index is 898. The average molecular weight is 437 g/mol. The Kier molecular flexibility index (Phi) is 6.40. The number of nitrogens with zero attached hydrogens (tertiary/aromatic N) is 2. The third-order valence-corrected chi connectivity index (χ3v) is 5.99. The third kappa shape index (κ3) is 3.91. The van der Waals surface area contributed by atoms with Crippen LogP contribution in [0.1, 0.15) is 45.5 Å². The highest BCUT2D eigenvalue weighted by Crippen LogP contribution is 2.51. The van der Waals surface area contributed by atoms with Crippen LogP contribution in [0, 0.1) is 5.41 Å². The normalized spacial score (nSPS) is 26.6. The number of oxazole rings is 1. The van der Waals surface area contributed by atoms with Crippen LogP contribution in [0.3, 0.4) is 0 Å². The van der Waals surface area contributed by atoms with E-state index in [0.29, 0.717) is 30.9 Å². The maximum Gasteiger partial charge on any atom is 0.247 e. The first-order chi connectivity index (χ1) is 13.8. The quantitative estimate of drug-likeness (QED) is 0.763. The Morgan fingerprint density at radius 3 is 2.77 bits per heavy atom. The molecule has 2 amide bonds. The molecule has 2 aliphatic heterocycles. The van der Waals surface area contributed by atoms with E-state index in [1.165, 1.54) is 0 Å². The van der Waals surface area contributed by atoms with Gasteiger partial charge in [0, 0.05) is 6.42 Å². The second kappa shape index (κ2) is 8.53. The molecule has 0 saturated carbocycles. The van der Waals surface area contributed by atoms with Gasteiger partial charge in [0.1, 0.15) is 23.8 Å². The van der Waals surface area contributed by atoms with Gasteiger partial charge in [-0.2, -0.15) is 0 Å². The fraction of sp³-hybridized carbons (Fsp3) is 0.571. The highest BCUT2D eigenvalue weighted by molar-refractivity contribution is 5.90. The summed E-state index contributed by atoms with van der Waals surface area (Å²) in [5.41, 5.74) is 1.17. The van der Waals surface area contributed by atoms with Gasteiger partial charge < -0.3 is 24.7 Å². The van der Waals surface area contributed by atoms with Crippen LogP contribution in [0.15, 0.2) is 28.7 Å². The maximum atomic E-state index is 13.5. The summed E-state index contributed by atoms with van der Waals surface area (Å²) in [6.07, 6.45) is 0.755. The zero-order chi connectivity index (χ0) is 20.8. The number of likely N-dealkylation sites (N-methyl/N-ethyl adjacent to an activating group) is 1. The number of nitrogens with one attached hydrogen (secondary N) is 2. The van der Waals surface area contributed by atoms with Crippen molar-refractivity contribution in [2.24, 2.45) is 5.41 Å². The van der Waals surface area contributed by atoms with Crippen molar-refractivity contribution < 1.29 is 18.7 Å². The van der Waals surface area contributed by atoms with Crippen molar-refractivity contribution in [3.05, 3.63) is 30.2 Å². The van der Waals surface area contributed by atoms with Crippen molar-refractivity contribution in [1.29, 1.82) is 0 Å². The molecule has 8 nitrogen and oxygen atoms in total. The molecule has 30 heavy (non-hydrogen) atoms. The first-order valence-corrected chi connectivity index (χ1v) is 10.1. The van der Waals surface area contributed by atoms with Gasteiger partial charge in [0.05, 0.1) is 12.6 Å². The summed E-state index contributed by atoms with van der Waals surface area (Å²) in [5, 5.41) is 5.77. The van der Waals surface area contributed by atoms with Crippen molar-refractivity contribution in [3.8, 4) is 0 Å².